The van der Waals surface area contributed by atoms with Crippen molar-refractivity contribution in [2.24, 2.45) is 5.92 Å². The standard InChI is InChI=1S/C13H18N2O3/c1-10-7-8-14(9-13(10)18-2)11-5-3-4-6-12(11)15(16)17/h3-6,10,13H,7-9H2,1-2H3. The van der Waals surface area contributed by atoms with Crippen molar-refractivity contribution >= 4 is 11.4 Å². The second-order valence-corrected chi connectivity index (χ2v) is 4.73. The summed E-state index contributed by atoms with van der Waals surface area (Å²) in [5.41, 5.74) is 0.860. The van der Waals surface area contributed by atoms with Crippen molar-refractivity contribution in [1.82, 2.24) is 0 Å². The Labute approximate surface area is 107 Å². The van der Waals surface area contributed by atoms with E-state index >= 15 is 0 Å². The number of methoxy groups -OCH3 is 1. The summed E-state index contributed by atoms with van der Waals surface area (Å²) >= 11 is 0. The molecule has 1 aliphatic rings. The number of rotatable bonds is 3. The van der Waals surface area contributed by atoms with E-state index in [-0.39, 0.29) is 16.7 Å². The number of hydrogen-bond acceptors (Lipinski definition) is 4. The van der Waals surface area contributed by atoms with Gasteiger partial charge in [-0.1, -0.05) is 19.1 Å². The number of hydrogen-bond donors (Lipinski definition) is 0. The summed E-state index contributed by atoms with van der Waals surface area (Å²) in [5.74, 6) is 0.494. The molecule has 0 N–H and O–H groups in total. The number of benzene rings is 1. The van der Waals surface area contributed by atoms with Crippen LogP contribution >= 0.6 is 0 Å². The van der Waals surface area contributed by atoms with Crippen LogP contribution in [0.1, 0.15) is 13.3 Å². The van der Waals surface area contributed by atoms with E-state index in [0.29, 0.717) is 18.2 Å². The number of para-hydroxylation sites is 2. The van der Waals surface area contributed by atoms with Crippen LogP contribution in [0.25, 0.3) is 0 Å². The molecule has 1 saturated heterocycles. The van der Waals surface area contributed by atoms with Gasteiger partial charge in [-0.2, -0.15) is 0 Å². The van der Waals surface area contributed by atoms with Crippen LogP contribution in [0.5, 0.6) is 0 Å². The lowest BCUT2D eigenvalue weighted by atomic mass is 9.95. The summed E-state index contributed by atoms with van der Waals surface area (Å²) in [4.78, 5) is 12.8. The summed E-state index contributed by atoms with van der Waals surface area (Å²) < 4.78 is 5.44. The lowest BCUT2D eigenvalue weighted by molar-refractivity contribution is -0.384. The zero-order chi connectivity index (χ0) is 13.1. The lowest BCUT2D eigenvalue weighted by Crippen LogP contribution is -2.44. The molecule has 1 heterocycles. The van der Waals surface area contributed by atoms with Crippen LogP contribution in [-0.4, -0.2) is 31.2 Å². The number of nitrogens with zero attached hydrogens (tertiary/aromatic N) is 2. The Morgan fingerprint density at radius 2 is 2.17 bits per heavy atom. The summed E-state index contributed by atoms with van der Waals surface area (Å²) in [6.07, 6.45) is 1.13. The Bertz CT molecular complexity index is 436. The fourth-order valence-corrected chi connectivity index (χ4v) is 2.45. The molecule has 5 nitrogen and oxygen atoms in total. The monoisotopic (exact) mass is 250 g/mol. The molecule has 18 heavy (non-hydrogen) atoms. The molecule has 1 fully saturated rings. The molecule has 0 amide bonds. The van der Waals surface area contributed by atoms with Gasteiger partial charge in [0.1, 0.15) is 5.69 Å². The van der Waals surface area contributed by atoms with Crippen LogP contribution in [-0.2, 0) is 4.74 Å². The van der Waals surface area contributed by atoms with Gasteiger partial charge in [0.05, 0.1) is 11.0 Å². The number of piperidine rings is 1. The second kappa shape index (κ2) is 5.35. The molecule has 0 saturated carbocycles. The van der Waals surface area contributed by atoms with Gasteiger partial charge in [-0.3, -0.25) is 10.1 Å². The number of nitro groups is 1. The molecule has 0 spiro atoms. The molecule has 2 rings (SSSR count). The van der Waals surface area contributed by atoms with Gasteiger partial charge >= 0.3 is 0 Å². The molecule has 0 aromatic heterocycles. The largest absolute Gasteiger partial charge is 0.379 e. The fraction of sp³-hybridized carbons (Fsp3) is 0.538. The first-order valence-corrected chi connectivity index (χ1v) is 6.14. The van der Waals surface area contributed by atoms with Gasteiger partial charge in [-0.25, -0.2) is 0 Å². The normalized spacial score (nSPS) is 24.0. The van der Waals surface area contributed by atoms with Crippen LogP contribution in [0.2, 0.25) is 0 Å². The van der Waals surface area contributed by atoms with Crippen LogP contribution < -0.4 is 4.90 Å². The third kappa shape index (κ3) is 2.46. The lowest BCUT2D eigenvalue weighted by Gasteiger charge is -2.37. The quantitative estimate of drug-likeness (QED) is 0.610. The van der Waals surface area contributed by atoms with E-state index in [2.05, 4.69) is 6.92 Å². The SMILES string of the molecule is COC1CN(c2ccccc2[N+](=O)[O-])CCC1C. The van der Waals surface area contributed by atoms with E-state index in [9.17, 15) is 10.1 Å². The maximum absolute atomic E-state index is 11.0. The molecule has 2 atom stereocenters. The molecule has 1 aromatic rings. The average Bonchev–Trinajstić information content (AvgIpc) is 2.39. The van der Waals surface area contributed by atoms with E-state index < -0.39 is 0 Å². The number of ether oxygens (including phenoxy) is 1. The van der Waals surface area contributed by atoms with E-state index in [4.69, 9.17) is 4.74 Å². The molecule has 2 unspecified atom stereocenters. The third-order valence-corrected chi connectivity index (χ3v) is 3.61. The molecular formula is C13H18N2O3. The van der Waals surface area contributed by atoms with Gasteiger partial charge in [0, 0.05) is 26.3 Å². The highest BCUT2D eigenvalue weighted by molar-refractivity contribution is 5.63. The highest BCUT2D eigenvalue weighted by atomic mass is 16.6. The smallest absolute Gasteiger partial charge is 0.292 e. The van der Waals surface area contributed by atoms with Gasteiger partial charge in [-0.15, -0.1) is 0 Å². The summed E-state index contributed by atoms with van der Waals surface area (Å²) in [6, 6.07) is 6.89. The maximum Gasteiger partial charge on any atom is 0.292 e. The summed E-state index contributed by atoms with van der Waals surface area (Å²) in [6.45, 7) is 3.71. The number of anilines is 1. The van der Waals surface area contributed by atoms with Crippen molar-refractivity contribution in [2.75, 3.05) is 25.1 Å². The third-order valence-electron chi connectivity index (χ3n) is 3.61. The summed E-state index contributed by atoms with van der Waals surface area (Å²) in [5, 5.41) is 11.0. The molecule has 0 radical (unpaired) electrons. The predicted molar refractivity (Wildman–Crippen MR) is 69.9 cm³/mol. The topological polar surface area (TPSA) is 55.6 Å². The zero-order valence-corrected chi connectivity index (χ0v) is 10.7. The van der Waals surface area contributed by atoms with Gasteiger partial charge in [-0.05, 0) is 18.4 Å². The second-order valence-electron chi connectivity index (χ2n) is 4.73. The van der Waals surface area contributed by atoms with Crippen molar-refractivity contribution in [2.45, 2.75) is 19.4 Å². The van der Waals surface area contributed by atoms with Crippen molar-refractivity contribution in [1.29, 1.82) is 0 Å². The fourth-order valence-electron chi connectivity index (χ4n) is 2.45. The van der Waals surface area contributed by atoms with Crippen LogP contribution in [0.3, 0.4) is 0 Å². The first-order valence-electron chi connectivity index (χ1n) is 6.14. The highest BCUT2D eigenvalue weighted by Crippen LogP contribution is 2.31. The Hall–Kier alpha value is -1.62. The Kier molecular flexibility index (Phi) is 3.81. The molecule has 1 aliphatic heterocycles. The number of nitro benzene ring substituents is 1. The van der Waals surface area contributed by atoms with Crippen molar-refractivity contribution in [3.63, 3.8) is 0 Å². The van der Waals surface area contributed by atoms with E-state index in [1.54, 1.807) is 25.3 Å². The minimum atomic E-state index is -0.324. The van der Waals surface area contributed by atoms with Crippen molar-refractivity contribution in [3.05, 3.63) is 34.4 Å². The van der Waals surface area contributed by atoms with Gasteiger partial charge in [0.25, 0.3) is 5.69 Å². The Morgan fingerprint density at radius 1 is 1.44 bits per heavy atom. The van der Waals surface area contributed by atoms with Crippen LogP contribution in [0, 0.1) is 16.0 Å². The van der Waals surface area contributed by atoms with Crippen molar-refractivity contribution < 1.29 is 9.66 Å². The molecule has 0 aliphatic carbocycles. The van der Waals surface area contributed by atoms with Crippen molar-refractivity contribution in [3.8, 4) is 0 Å². The maximum atomic E-state index is 11.0. The molecular weight excluding hydrogens is 232 g/mol. The predicted octanol–water partition coefficient (Wildman–Crippen LogP) is 2.46. The van der Waals surface area contributed by atoms with Crippen LogP contribution in [0.15, 0.2) is 24.3 Å². The minimum absolute atomic E-state index is 0.138. The first-order chi connectivity index (χ1) is 8.63. The molecule has 98 valence electrons. The Balaban J connectivity index is 2.24. The average molecular weight is 250 g/mol. The molecule has 5 heteroatoms. The highest BCUT2D eigenvalue weighted by Gasteiger charge is 2.29. The van der Waals surface area contributed by atoms with E-state index in [1.165, 1.54) is 0 Å². The van der Waals surface area contributed by atoms with Crippen LogP contribution in [0.4, 0.5) is 11.4 Å². The van der Waals surface area contributed by atoms with Gasteiger partial charge < -0.3 is 9.64 Å². The van der Waals surface area contributed by atoms with E-state index in [0.717, 1.165) is 13.0 Å². The van der Waals surface area contributed by atoms with E-state index in [1.807, 2.05) is 11.0 Å². The first kappa shape index (κ1) is 12.8. The Morgan fingerprint density at radius 3 is 2.83 bits per heavy atom. The minimum Gasteiger partial charge on any atom is -0.379 e. The van der Waals surface area contributed by atoms with Gasteiger partial charge in [0.15, 0.2) is 0 Å². The van der Waals surface area contributed by atoms with Gasteiger partial charge in [0.2, 0.25) is 0 Å². The molecule has 1 aromatic carbocycles. The summed E-state index contributed by atoms with van der Waals surface area (Å²) in [7, 11) is 1.70. The molecule has 0 bridgehead atoms. The zero-order valence-electron chi connectivity index (χ0n) is 10.7.